The fourth-order valence-corrected chi connectivity index (χ4v) is 1.71. The van der Waals surface area contributed by atoms with E-state index >= 15 is 0 Å². The van der Waals surface area contributed by atoms with E-state index in [1.165, 1.54) is 0 Å². The van der Waals surface area contributed by atoms with E-state index < -0.39 is 5.41 Å². The number of fused-ring (bicyclic) bond motifs is 1. The molecule has 2 aromatic rings. The summed E-state index contributed by atoms with van der Waals surface area (Å²) in [5, 5.41) is 0. The van der Waals surface area contributed by atoms with E-state index in [9.17, 15) is 4.79 Å². The van der Waals surface area contributed by atoms with E-state index in [0.717, 1.165) is 11.1 Å². The highest BCUT2D eigenvalue weighted by molar-refractivity contribution is 5.82. The highest BCUT2D eigenvalue weighted by atomic mass is 16.5. The second kappa shape index (κ2) is 4.40. The van der Waals surface area contributed by atoms with Gasteiger partial charge in [-0.25, -0.2) is 9.97 Å². The topological polar surface area (TPSA) is 67.9 Å². The maximum atomic E-state index is 11.9. The Kier molecular flexibility index (Phi) is 3.07. The van der Waals surface area contributed by atoms with Crippen molar-refractivity contribution in [1.29, 1.82) is 0 Å². The van der Waals surface area contributed by atoms with Crippen molar-refractivity contribution in [2.75, 3.05) is 6.61 Å². The van der Waals surface area contributed by atoms with Crippen LogP contribution in [0.3, 0.4) is 0 Å². The van der Waals surface area contributed by atoms with Gasteiger partial charge < -0.3 is 9.72 Å². The lowest BCUT2D eigenvalue weighted by molar-refractivity contribution is -0.149. The Hall–Kier alpha value is -1.91. The van der Waals surface area contributed by atoms with Gasteiger partial charge in [0, 0.05) is 6.20 Å². The number of H-pyrrole nitrogens is 1. The van der Waals surface area contributed by atoms with Gasteiger partial charge in [0.1, 0.15) is 11.2 Å². The van der Waals surface area contributed by atoms with E-state index in [2.05, 4.69) is 15.0 Å². The molecule has 0 radical (unpaired) electrons. The molecule has 2 aromatic heterocycles. The van der Waals surface area contributed by atoms with Crippen molar-refractivity contribution < 1.29 is 9.53 Å². The number of nitrogens with zero attached hydrogens (tertiary/aromatic N) is 2. The summed E-state index contributed by atoms with van der Waals surface area (Å²) >= 11 is 0. The zero-order valence-electron chi connectivity index (χ0n) is 11.1. The van der Waals surface area contributed by atoms with Gasteiger partial charge in [-0.3, -0.25) is 4.79 Å². The Morgan fingerprint density at radius 2 is 2.22 bits per heavy atom. The van der Waals surface area contributed by atoms with Crippen LogP contribution in [-0.4, -0.2) is 27.5 Å². The van der Waals surface area contributed by atoms with Gasteiger partial charge >= 0.3 is 5.97 Å². The van der Waals surface area contributed by atoms with Crippen LogP contribution in [0.2, 0.25) is 0 Å². The smallest absolute Gasteiger partial charge is 0.319 e. The van der Waals surface area contributed by atoms with E-state index in [4.69, 9.17) is 4.74 Å². The predicted octanol–water partition coefficient (Wildman–Crippen LogP) is 2.11. The fourth-order valence-electron chi connectivity index (χ4n) is 1.71. The number of hydrogen-bond donors (Lipinski definition) is 1. The van der Waals surface area contributed by atoms with Gasteiger partial charge in [0.15, 0.2) is 5.65 Å². The molecule has 0 aliphatic carbocycles. The highest BCUT2D eigenvalue weighted by Crippen LogP contribution is 2.24. The normalized spacial score (nSPS) is 11.8. The quantitative estimate of drug-likeness (QED) is 0.843. The summed E-state index contributed by atoms with van der Waals surface area (Å²) in [7, 11) is 0. The molecule has 5 heteroatoms. The van der Waals surface area contributed by atoms with Crippen LogP contribution in [0.4, 0.5) is 0 Å². The molecule has 1 N–H and O–H groups in total. The molecule has 0 aliphatic heterocycles. The van der Waals surface area contributed by atoms with Gasteiger partial charge in [0.05, 0.1) is 12.1 Å². The molecule has 0 bridgehead atoms. The fraction of sp³-hybridized carbons (Fsp3) is 0.462. The number of carbonyl (C=O) groups is 1. The first kappa shape index (κ1) is 12.5. The largest absolute Gasteiger partial charge is 0.465 e. The molecule has 0 spiro atoms. The summed E-state index contributed by atoms with van der Waals surface area (Å²) in [6.07, 6.45) is 1.75. The Morgan fingerprint density at radius 1 is 1.50 bits per heavy atom. The van der Waals surface area contributed by atoms with Gasteiger partial charge in [-0.2, -0.15) is 0 Å². The van der Waals surface area contributed by atoms with Crippen molar-refractivity contribution in [2.45, 2.75) is 33.1 Å². The first-order valence-corrected chi connectivity index (χ1v) is 5.95. The average Bonchev–Trinajstić information content (AvgIpc) is 2.72. The molecule has 0 saturated heterocycles. The summed E-state index contributed by atoms with van der Waals surface area (Å²) in [5.41, 5.74) is 1.70. The summed E-state index contributed by atoms with van der Waals surface area (Å²) in [6.45, 7) is 7.69. The minimum Gasteiger partial charge on any atom is -0.465 e. The molecular weight excluding hydrogens is 230 g/mol. The lowest BCUT2D eigenvalue weighted by Crippen LogP contribution is -2.32. The number of hydrogen-bond acceptors (Lipinski definition) is 4. The van der Waals surface area contributed by atoms with Crippen molar-refractivity contribution in [1.82, 2.24) is 15.0 Å². The number of aromatic amines is 1. The van der Waals surface area contributed by atoms with E-state index in [0.29, 0.717) is 18.1 Å². The Balaban J connectivity index is 2.44. The highest BCUT2D eigenvalue weighted by Gasteiger charge is 2.34. The lowest BCUT2D eigenvalue weighted by atomic mass is 9.93. The van der Waals surface area contributed by atoms with Crippen molar-refractivity contribution in [3.05, 3.63) is 23.7 Å². The number of pyridine rings is 1. The molecule has 18 heavy (non-hydrogen) atoms. The Labute approximate surface area is 106 Å². The van der Waals surface area contributed by atoms with Crippen LogP contribution in [0.15, 0.2) is 12.3 Å². The molecule has 0 fully saturated rings. The summed E-state index contributed by atoms with van der Waals surface area (Å²) < 4.78 is 5.06. The zero-order chi connectivity index (χ0) is 13.3. The number of imidazole rings is 1. The van der Waals surface area contributed by atoms with Crippen LogP contribution in [0.5, 0.6) is 0 Å². The maximum Gasteiger partial charge on any atom is 0.319 e. The number of esters is 1. The maximum absolute atomic E-state index is 11.9. The van der Waals surface area contributed by atoms with Crippen molar-refractivity contribution in [3.63, 3.8) is 0 Å². The molecule has 2 heterocycles. The number of ether oxygens (including phenoxy) is 1. The Bertz CT molecular complexity index is 587. The molecule has 0 atom stereocenters. The molecular formula is C13H17N3O2. The van der Waals surface area contributed by atoms with Crippen LogP contribution < -0.4 is 0 Å². The molecule has 0 saturated carbocycles. The molecule has 2 rings (SSSR count). The number of aryl methyl sites for hydroxylation is 1. The molecule has 96 valence electrons. The second-order valence-electron chi connectivity index (χ2n) is 4.81. The van der Waals surface area contributed by atoms with Crippen molar-refractivity contribution in [2.24, 2.45) is 0 Å². The third kappa shape index (κ3) is 2.08. The molecule has 0 aliphatic rings. The van der Waals surface area contributed by atoms with Gasteiger partial charge in [-0.05, 0) is 39.3 Å². The first-order valence-electron chi connectivity index (χ1n) is 5.95. The zero-order valence-corrected chi connectivity index (χ0v) is 11.1. The SMILES string of the molecule is CCOC(=O)C(C)(C)c1nc2ncc(C)cc2[nH]1. The number of carbonyl (C=O) groups excluding carboxylic acids is 1. The predicted molar refractivity (Wildman–Crippen MR) is 68.3 cm³/mol. The third-order valence-electron chi connectivity index (χ3n) is 2.85. The minimum atomic E-state index is -0.801. The molecule has 5 nitrogen and oxygen atoms in total. The van der Waals surface area contributed by atoms with Gasteiger partial charge in [0.25, 0.3) is 0 Å². The lowest BCUT2D eigenvalue weighted by Gasteiger charge is -2.19. The Morgan fingerprint density at radius 3 is 2.89 bits per heavy atom. The number of aromatic nitrogens is 3. The van der Waals surface area contributed by atoms with Crippen LogP contribution in [0.25, 0.3) is 11.2 Å². The van der Waals surface area contributed by atoms with E-state index in [-0.39, 0.29) is 5.97 Å². The molecule has 0 unspecified atom stereocenters. The van der Waals surface area contributed by atoms with Crippen LogP contribution >= 0.6 is 0 Å². The third-order valence-corrected chi connectivity index (χ3v) is 2.85. The summed E-state index contributed by atoms with van der Waals surface area (Å²) in [4.78, 5) is 23.6. The van der Waals surface area contributed by atoms with Gasteiger partial charge in [-0.1, -0.05) is 0 Å². The second-order valence-corrected chi connectivity index (χ2v) is 4.81. The summed E-state index contributed by atoms with van der Waals surface area (Å²) in [6, 6.07) is 1.96. The monoisotopic (exact) mass is 247 g/mol. The van der Waals surface area contributed by atoms with Gasteiger partial charge in [-0.15, -0.1) is 0 Å². The average molecular weight is 247 g/mol. The van der Waals surface area contributed by atoms with Crippen molar-refractivity contribution >= 4 is 17.1 Å². The number of rotatable bonds is 3. The first-order chi connectivity index (χ1) is 8.45. The van der Waals surface area contributed by atoms with Gasteiger partial charge in [0.2, 0.25) is 0 Å². The van der Waals surface area contributed by atoms with Crippen LogP contribution in [0.1, 0.15) is 32.2 Å². The number of nitrogens with one attached hydrogen (secondary N) is 1. The van der Waals surface area contributed by atoms with Crippen LogP contribution in [0, 0.1) is 6.92 Å². The summed E-state index contributed by atoms with van der Waals surface area (Å²) in [5.74, 6) is 0.287. The van der Waals surface area contributed by atoms with Crippen molar-refractivity contribution in [3.8, 4) is 0 Å². The van der Waals surface area contributed by atoms with Crippen LogP contribution in [-0.2, 0) is 14.9 Å². The standard InChI is InChI=1S/C13H17N3O2/c1-5-18-12(17)13(3,4)11-15-9-6-8(2)7-14-10(9)16-11/h6-7H,5H2,1-4H3,(H,14,15,16). The van der Waals surface area contributed by atoms with E-state index in [1.54, 1.807) is 27.0 Å². The minimum absolute atomic E-state index is 0.291. The van der Waals surface area contributed by atoms with E-state index in [1.807, 2.05) is 13.0 Å². The molecule has 0 amide bonds. The molecule has 0 aromatic carbocycles.